The lowest BCUT2D eigenvalue weighted by atomic mass is 10.1. The van der Waals surface area contributed by atoms with Gasteiger partial charge < -0.3 is 15.2 Å². The number of aromatic carboxylic acids is 1. The molecule has 0 aliphatic heterocycles. The zero-order valence-corrected chi connectivity index (χ0v) is 13.3. The maximum absolute atomic E-state index is 11.8. The van der Waals surface area contributed by atoms with Crippen LogP contribution >= 0.6 is 0 Å². The number of aryl methyl sites for hydroxylation is 2. The van der Waals surface area contributed by atoms with Crippen LogP contribution in [0.2, 0.25) is 0 Å². The summed E-state index contributed by atoms with van der Waals surface area (Å²) in [7, 11) is 1.82. The number of rotatable bonds is 6. The van der Waals surface area contributed by atoms with Crippen LogP contribution in [0.4, 0.5) is 0 Å². The van der Waals surface area contributed by atoms with E-state index in [1.165, 1.54) is 12.1 Å². The largest absolute Gasteiger partial charge is 0.480 e. The quantitative estimate of drug-likeness (QED) is 0.840. The summed E-state index contributed by atoms with van der Waals surface area (Å²) in [6, 6.07) is 6.34. The number of carbonyl (C=O) groups excluding carboxylic acids is 1. The highest BCUT2D eigenvalue weighted by Gasteiger charge is 2.12. The summed E-state index contributed by atoms with van der Waals surface area (Å²) < 4.78 is 7.22. The maximum atomic E-state index is 11.8. The molecule has 1 aromatic heterocycles. The van der Waals surface area contributed by atoms with Gasteiger partial charge in [0.25, 0.3) is 5.91 Å². The van der Waals surface area contributed by atoms with E-state index < -0.39 is 5.97 Å². The fourth-order valence-electron chi connectivity index (χ4n) is 2.12. The molecular weight excluding hydrogens is 298 g/mol. The molecule has 1 heterocycles. The molecule has 2 N–H and O–H groups in total. The van der Waals surface area contributed by atoms with Crippen molar-refractivity contribution in [3.8, 4) is 5.75 Å². The minimum Gasteiger partial charge on any atom is -0.480 e. The number of nitrogens with one attached hydrogen (secondary N) is 1. The highest BCUT2D eigenvalue weighted by molar-refractivity contribution is 5.87. The van der Waals surface area contributed by atoms with E-state index in [9.17, 15) is 9.59 Å². The van der Waals surface area contributed by atoms with Gasteiger partial charge in [0.2, 0.25) is 0 Å². The average Bonchev–Trinajstić information content (AvgIpc) is 2.76. The number of nitrogens with zero attached hydrogens (tertiary/aromatic N) is 2. The number of hydrogen-bond donors (Lipinski definition) is 2. The summed E-state index contributed by atoms with van der Waals surface area (Å²) in [6.45, 7) is 3.91. The smallest absolute Gasteiger partial charge is 0.335 e. The Balaban J connectivity index is 1.84. The second-order valence-electron chi connectivity index (χ2n) is 5.19. The molecule has 0 aliphatic rings. The molecule has 1 aromatic carbocycles. The average molecular weight is 317 g/mol. The Labute approximate surface area is 133 Å². The summed E-state index contributed by atoms with van der Waals surface area (Å²) in [5.74, 6) is -0.611. The zero-order chi connectivity index (χ0) is 17.0. The minimum absolute atomic E-state index is 0.0966. The molecule has 0 bridgehead atoms. The highest BCUT2D eigenvalue weighted by atomic mass is 16.5. The van der Waals surface area contributed by atoms with Crippen molar-refractivity contribution in [3.63, 3.8) is 0 Å². The predicted molar refractivity (Wildman–Crippen MR) is 83.4 cm³/mol. The third-order valence-corrected chi connectivity index (χ3v) is 3.48. The fraction of sp³-hybridized carbons (Fsp3) is 0.312. The van der Waals surface area contributed by atoms with Crippen molar-refractivity contribution < 1.29 is 19.4 Å². The van der Waals surface area contributed by atoms with Gasteiger partial charge in [0.1, 0.15) is 5.69 Å². The van der Waals surface area contributed by atoms with Gasteiger partial charge in [0.05, 0.1) is 11.3 Å². The van der Waals surface area contributed by atoms with Crippen LogP contribution in [0.1, 0.15) is 27.3 Å². The molecule has 7 heteroatoms. The van der Waals surface area contributed by atoms with Gasteiger partial charge >= 0.3 is 5.97 Å². The normalized spacial score (nSPS) is 10.4. The maximum Gasteiger partial charge on any atom is 0.335 e. The van der Waals surface area contributed by atoms with Crippen molar-refractivity contribution >= 4 is 11.9 Å². The molecule has 0 fully saturated rings. The van der Waals surface area contributed by atoms with Crippen LogP contribution in [0.15, 0.2) is 24.3 Å². The van der Waals surface area contributed by atoms with Crippen LogP contribution in [0.5, 0.6) is 5.75 Å². The van der Waals surface area contributed by atoms with E-state index in [0.717, 1.165) is 17.0 Å². The van der Waals surface area contributed by atoms with E-state index in [2.05, 4.69) is 10.4 Å². The SMILES string of the molecule is Cc1nn(C)c(C)c1OCC(=O)NCc1ccc(C(=O)O)cc1. The molecule has 0 aliphatic carbocycles. The van der Waals surface area contributed by atoms with E-state index in [-0.39, 0.29) is 18.1 Å². The molecule has 0 spiro atoms. The Hall–Kier alpha value is -2.83. The van der Waals surface area contributed by atoms with Gasteiger partial charge in [-0.2, -0.15) is 5.10 Å². The molecular formula is C16H19N3O4. The van der Waals surface area contributed by atoms with Gasteiger partial charge in [-0.05, 0) is 31.5 Å². The van der Waals surface area contributed by atoms with Gasteiger partial charge in [-0.15, -0.1) is 0 Å². The Morgan fingerprint density at radius 3 is 2.43 bits per heavy atom. The van der Waals surface area contributed by atoms with Crippen LogP contribution < -0.4 is 10.1 Å². The van der Waals surface area contributed by atoms with Crippen molar-refractivity contribution in [1.82, 2.24) is 15.1 Å². The first-order valence-corrected chi connectivity index (χ1v) is 7.10. The van der Waals surface area contributed by atoms with Crippen LogP contribution in [0.25, 0.3) is 0 Å². The van der Waals surface area contributed by atoms with Crippen molar-refractivity contribution in [1.29, 1.82) is 0 Å². The molecule has 2 rings (SSSR count). The Morgan fingerprint density at radius 2 is 1.91 bits per heavy atom. The first kappa shape index (κ1) is 16.5. The van der Waals surface area contributed by atoms with Gasteiger partial charge in [0, 0.05) is 13.6 Å². The lowest BCUT2D eigenvalue weighted by Crippen LogP contribution is -2.28. The van der Waals surface area contributed by atoms with Crippen molar-refractivity contribution in [3.05, 3.63) is 46.8 Å². The summed E-state index contributed by atoms with van der Waals surface area (Å²) in [6.07, 6.45) is 0. The lowest BCUT2D eigenvalue weighted by molar-refractivity contribution is -0.123. The monoisotopic (exact) mass is 317 g/mol. The molecule has 0 unspecified atom stereocenters. The number of carbonyl (C=O) groups is 2. The molecule has 1 amide bonds. The molecule has 7 nitrogen and oxygen atoms in total. The first-order valence-electron chi connectivity index (χ1n) is 7.10. The summed E-state index contributed by atoms with van der Waals surface area (Å²) >= 11 is 0. The predicted octanol–water partition coefficient (Wildman–Crippen LogP) is 1.43. The minimum atomic E-state index is -0.976. The first-order chi connectivity index (χ1) is 10.9. The highest BCUT2D eigenvalue weighted by Crippen LogP contribution is 2.20. The Bertz CT molecular complexity index is 720. The second kappa shape index (κ2) is 6.95. The molecule has 0 saturated carbocycles. The van der Waals surface area contributed by atoms with Gasteiger partial charge in [-0.25, -0.2) is 4.79 Å². The molecule has 122 valence electrons. The molecule has 0 radical (unpaired) electrons. The van der Waals surface area contributed by atoms with E-state index in [0.29, 0.717) is 12.3 Å². The van der Waals surface area contributed by atoms with E-state index in [1.54, 1.807) is 16.8 Å². The number of carboxylic acids is 1. The Kier molecular flexibility index (Phi) is 5.00. The Morgan fingerprint density at radius 1 is 1.26 bits per heavy atom. The van der Waals surface area contributed by atoms with Gasteiger partial charge in [0.15, 0.2) is 12.4 Å². The zero-order valence-electron chi connectivity index (χ0n) is 13.3. The third-order valence-electron chi connectivity index (χ3n) is 3.48. The number of carboxylic acid groups (broad SMARTS) is 1. The number of hydrogen-bond acceptors (Lipinski definition) is 4. The van der Waals surface area contributed by atoms with Crippen LogP contribution in [-0.2, 0) is 18.4 Å². The molecule has 0 saturated heterocycles. The van der Waals surface area contributed by atoms with Gasteiger partial charge in [-0.1, -0.05) is 12.1 Å². The van der Waals surface area contributed by atoms with Gasteiger partial charge in [-0.3, -0.25) is 9.48 Å². The van der Waals surface area contributed by atoms with Crippen molar-refractivity contribution in [2.75, 3.05) is 6.61 Å². The van der Waals surface area contributed by atoms with Crippen molar-refractivity contribution in [2.45, 2.75) is 20.4 Å². The summed E-state index contributed by atoms with van der Waals surface area (Å²) in [5.41, 5.74) is 2.63. The fourth-order valence-corrected chi connectivity index (χ4v) is 2.12. The van der Waals surface area contributed by atoms with Crippen LogP contribution in [0.3, 0.4) is 0 Å². The second-order valence-corrected chi connectivity index (χ2v) is 5.19. The van der Waals surface area contributed by atoms with E-state index in [4.69, 9.17) is 9.84 Å². The van der Waals surface area contributed by atoms with Crippen molar-refractivity contribution in [2.24, 2.45) is 7.05 Å². The molecule has 23 heavy (non-hydrogen) atoms. The number of ether oxygens (including phenoxy) is 1. The standard InChI is InChI=1S/C16H19N3O4/c1-10-15(11(2)19(3)18-10)23-9-14(20)17-8-12-4-6-13(7-5-12)16(21)22/h4-7H,8-9H2,1-3H3,(H,17,20)(H,21,22). The number of benzene rings is 1. The lowest BCUT2D eigenvalue weighted by Gasteiger charge is -2.08. The molecule has 2 aromatic rings. The summed E-state index contributed by atoms with van der Waals surface area (Å²) in [4.78, 5) is 22.6. The van der Waals surface area contributed by atoms with Crippen LogP contribution in [0, 0.1) is 13.8 Å². The third kappa shape index (κ3) is 4.09. The van der Waals surface area contributed by atoms with Crippen LogP contribution in [-0.4, -0.2) is 33.4 Å². The van der Waals surface area contributed by atoms with E-state index >= 15 is 0 Å². The van der Waals surface area contributed by atoms with E-state index in [1.807, 2.05) is 20.9 Å². The number of amides is 1. The molecule has 0 atom stereocenters. The summed E-state index contributed by atoms with van der Waals surface area (Å²) in [5, 5.41) is 15.8. The topological polar surface area (TPSA) is 93.5 Å². The number of aromatic nitrogens is 2.